The molecule has 0 saturated carbocycles. The Labute approximate surface area is 66.6 Å². The Kier molecular flexibility index (Phi) is 8.04. The second-order valence-electron chi connectivity index (χ2n) is 2.25. The first-order valence-corrected chi connectivity index (χ1v) is 3.33. The van der Waals surface area contributed by atoms with Gasteiger partial charge < -0.3 is 16.1 Å². The molecule has 0 bridgehead atoms. The third-order valence-corrected chi connectivity index (χ3v) is 1.54. The zero-order valence-electron chi connectivity index (χ0n) is 6.79. The average Bonchev–Trinajstić information content (AvgIpc) is 2.05. The van der Waals surface area contributed by atoms with Gasteiger partial charge in [0.1, 0.15) is 6.04 Å². The zero-order valence-corrected chi connectivity index (χ0v) is 6.79. The van der Waals surface area contributed by atoms with Gasteiger partial charge in [0.15, 0.2) is 0 Å². The van der Waals surface area contributed by atoms with Crippen LogP contribution in [-0.2, 0) is 4.79 Å². The molecular weight excluding hydrogens is 144 g/mol. The van der Waals surface area contributed by atoms with Gasteiger partial charge in [0.2, 0.25) is 0 Å². The molecular formula is C7H14N2O2. The Hall–Kier alpha value is -1.08. The van der Waals surface area contributed by atoms with Crippen molar-refractivity contribution in [3.05, 3.63) is 6.57 Å². The molecule has 2 unspecified atom stereocenters. The molecule has 4 N–H and O–H groups in total. The maximum Gasteiger partial charge on any atom is 0.320 e. The van der Waals surface area contributed by atoms with E-state index in [1.807, 2.05) is 13.8 Å². The van der Waals surface area contributed by atoms with E-state index in [0.29, 0.717) is 0 Å². The van der Waals surface area contributed by atoms with E-state index < -0.39 is 12.0 Å². The summed E-state index contributed by atoms with van der Waals surface area (Å²) in [6.45, 7) is 8.76. The first-order valence-electron chi connectivity index (χ1n) is 3.33. The van der Waals surface area contributed by atoms with Crippen LogP contribution < -0.4 is 11.0 Å². The van der Waals surface area contributed by atoms with Gasteiger partial charge >= 0.3 is 5.97 Å². The molecule has 0 aliphatic heterocycles. The van der Waals surface area contributed by atoms with Crippen molar-refractivity contribution in [2.75, 3.05) is 0 Å². The topological polar surface area (TPSA) is 87.1 Å². The molecule has 0 amide bonds. The third kappa shape index (κ3) is 5.37. The van der Waals surface area contributed by atoms with Gasteiger partial charge in [0, 0.05) is 0 Å². The second-order valence-corrected chi connectivity index (χ2v) is 2.25. The third-order valence-electron chi connectivity index (χ3n) is 1.54. The monoisotopic (exact) mass is 158 g/mol. The smallest absolute Gasteiger partial charge is 0.320 e. The van der Waals surface area contributed by atoms with E-state index in [0.717, 1.165) is 6.42 Å². The summed E-state index contributed by atoms with van der Waals surface area (Å²) in [5.41, 5.74) is 5.27. The lowest BCUT2D eigenvalue weighted by molar-refractivity contribution is -0.139. The highest BCUT2D eigenvalue weighted by Crippen LogP contribution is 2.04. The van der Waals surface area contributed by atoms with Crippen LogP contribution in [0.5, 0.6) is 0 Å². The van der Waals surface area contributed by atoms with Crippen molar-refractivity contribution in [1.82, 2.24) is 0 Å². The van der Waals surface area contributed by atoms with E-state index in [1.54, 1.807) is 0 Å². The van der Waals surface area contributed by atoms with Crippen LogP contribution in [0.25, 0.3) is 0 Å². The summed E-state index contributed by atoms with van der Waals surface area (Å²) < 4.78 is 0. The van der Waals surface area contributed by atoms with Crippen LogP contribution in [0, 0.1) is 12.5 Å². The first kappa shape index (κ1) is 12.6. The van der Waals surface area contributed by atoms with E-state index in [1.165, 1.54) is 0 Å². The van der Waals surface area contributed by atoms with Crippen molar-refractivity contribution in [3.63, 3.8) is 0 Å². The minimum atomic E-state index is -0.913. The number of aliphatic carboxylic acids is 1. The molecule has 0 heterocycles. The second kappa shape index (κ2) is 7.03. The molecule has 0 aliphatic carbocycles. The lowest BCUT2D eigenvalue weighted by atomic mass is 10.0. The fourth-order valence-electron chi connectivity index (χ4n) is 0.497. The number of nitrogens with one attached hydrogen (secondary N) is 1. The zero-order chi connectivity index (χ0) is 9.44. The van der Waals surface area contributed by atoms with Gasteiger partial charge in [-0.25, -0.2) is 6.57 Å². The lowest BCUT2D eigenvalue weighted by Crippen LogP contribution is -2.36. The van der Waals surface area contributed by atoms with Crippen molar-refractivity contribution < 1.29 is 15.2 Å². The van der Waals surface area contributed by atoms with Crippen molar-refractivity contribution in [2.45, 2.75) is 26.3 Å². The van der Waals surface area contributed by atoms with E-state index in [-0.39, 0.29) is 5.92 Å². The summed E-state index contributed by atoms with van der Waals surface area (Å²) in [7, 11) is 0. The minimum Gasteiger partial charge on any atom is -0.480 e. The largest absolute Gasteiger partial charge is 0.480 e. The summed E-state index contributed by atoms with van der Waals surface area (Å²) >= 11 is 0. The molecule has 0 aromatic rings. The summed E-state index contributed by atoms with van der Waals surface area (Å²) in [5, 5.41) is 13.4. The Morgan fingerprint density at radius 2 is 2.09 bits per heavy atom. The van der Waals surface area contributed by atoms with Crippen LogP contribution >= 0.6 is 0 Å². The number of hydrogen-bond acceptors (Lipinski definition) is 2. The van der Waals surface area contributed by atoms with Crippen molar-refractivity contribution >= 4 is 5.97 Å². The maximum absolute atomic E-state index is 10.2. The first-order chi connectivity index (χ1) is 5.09. The average molecular weight is 158 g/mol. The fourth-order valence-corrected chi connectivity index (χ4v) is 0.497. The van der Waals surface area contributed by atoms with Gasteiger partial charge in [0.05, 0.1) is 0 Å². The standard InChI is InChI=1S/C6H13NO2.CHN/c1-3-4(2)5(7)6(8)9;1-2/h4-5H,3,7H2,1-2H3,(H,8,9);2H. The molecule has 2 atom stereocenters. The number of carboxylic acid groups (broad SMARTS) is 1. The van der Waals surface area contributed by atoms with Crippen LogP contribution in [0.2, 0.25) is 0 Å². The molecule has 4 heteroatoms. The van der Waals surface area contributed by atoms with Crippen molar-refractivity contribution in [1.29, 1.82) is 0 Å². The van der Waals surface area contributed by atoms with Crippen LogP contribution in [0.4, 0.5) is 0 Å². The summed E-state index contributed by atoms with van der Waals surface area (Å²) in [4.78, 5) is 10.2. The normalized spacial score (nSPS) is 13.9. The molecule has 0 rings (SSSR count). The highest BCUT2D eigenvalue weighted by molar-refractivity contribution is 5.73. The number of carbonyl (C=O) groups is 1. The summed E-state index contributed by atoms with van der Waals surface area (Å²) in [5.74, 6) is -0.841. The van der Waals surface area contributed by atoms with Crippen LogP contribution in [0.15, 0.2) is 0 Å². The van der Waals surface area contributed by atoms with E-state index in [4.69, 9.17) is 22.7 Å². The summed E-state index contributed by atoms with van der Waals surface area (Å²) in [6.07, 6.45) is 0.813. The van der Waals surface area contributed by atoms with Gasteiger partial charge in [0.25, 0.3) is 0 Å². The molecule has 0 spiro atoms. The van der Waals surface area contributed by atoms with Crippen LogP contribution in [-0.4, -0.2) is 17.1 Å². The van der Waals surface area contributed by atoms with Crippen molar-refractivity contribution in [2.24, 2.45) is 11.7 Å². The van der Waals surface area contributed by atoms with Crippen LogP contribution in [0.3, 0.4) is 0 Å². The van der Waals surface area contributed by atoms with Gasteiger partial charge in [-0.15, -0.1) is 0 Å². The molecule has 4 nitrogen and oxygen atoms in total. The van der Waals surface area contributed by atoms with Crippen molar-refractivity contribution in [3.8, 4) is 0 Å². The molecule has 0 aromatic heterocycles. The van der Waals surface area contributed by atoms with Gasteiger partial charge in [-0.2, -0.15) is 0 Å². The molecule has 0 aliphatic rings. The Balaban J connectivity index is 0. The molecule has 0 saturated heterocycles. The van der Waals surface area contributed by atoms with Gasteiger partial charge in [-0.3, -0.25) is 4.79 Å². The highest BCUT2D eigenvalue weighted by Gasteiger charge is 2.17. The number of nitrogens with two attached hydrogens (primary N) is 1. The molecule has 0 fully saturated rings. The molecule has 0 radical (unpaired) electrons. The SMILES string of the molecule is CCC(C)C(N)C(=O)O.[C-]#[NH+]. The van der Waals surface area contributed by atoms with Gasteiger partial charge in [-0.1, -0.05) is 20.3 Å². The number of carboxylic acids is 1. The molecule has 64 valence electrons. The Bertz CT molecular complexity index is 134. The predicted octanol–water partition coefficient (Wildman–Crippen LogP) is -1.21. The highest BCUT2D eigenvalue weighted by atomic mass is 16.4. The van der Waals surface area contributed by atoms with Gasteiger partial charge in [-0.05, 0) is 5.92 Å². The summed E-state index contributed by atoms with van der Waals surface area (Å²) in [6, 6.07) is -0.699. The number of hydrogen-bond donors (Lipinski definition) is 3. The van der Waals surface area contributed by atoms with E-state index >= 15 is 0 Å². The quantitative estimate of drug-likeness (QED) is 0.450. The minimum absolute atomic E-state index is 0.0718. The maximum atomic E-state index is 10.2. The van der Waals surface area contributed by atoms with Crippen LogP contribution in [0.1, 0.15) is 20.3 Å². The Morgan fingerprint density at radius 3 is 2.18 bits per heavy atom. The Morgan fingerprint density at radius 1 is 1.73 bits per heavy atom. The lowest BCUT2D eigenvalue weighted by Gasteiger charge is -2.11. The fraction of sp³-hybridized carbons (Fsp3) is 0.714. The van der Waals surface area contributed by atoms with E-state index in [2.05, 4.69) is 0 Å². The molecule has 11 heavy (non-hydrogen) atoms. The van der Waals surface area contributed by atoms with E-state index in [9.17, 15) is 4.79 Å². The molecule has 0 aromatic carbocycles. The predicted molar refractivity (Wildman–Crippen MR) is 39.3 cm³/mol. The number of rotatable bonds is 3.